The van der Waals surface area contributed by atoms with Gasteiger partial charge in [-0.15, -0.1) is 0 Å². The first-order chi connectivity index (χ1) is 15.0. The van der Waals surface area contributed by atoms with Gasteiger partial charge < -0.3 is 4.90 Å². The highest BCUT2D eigenvalue weighted by Crippen LogP contribution is 2.44. The Morgan fingerprint density at radius 3 is 2.32 bits per heavy atom. The first-order valence-electron chi connectivity index (χ1n) is 10.9. The third-order valence-electron chi connectivity index (χ3n) is 6.33. The fourth-order valence-corrected chi connectivity index (χ4v) is 5.00. The number of halogens is 2. The van der Waals surface area contributed by atoms with E-state index in [1.165, 1.54) is 22.3 Å². The Kier molecular flexibility index (Phi) is 6.69. The van der Waals surface area contributed by atoms with Crippen molar-refractivity contribution in [2.45, 2.75) is 44.6 Å². The maximum Gasteiger partial charge on any atom is 0.254 e. The van der Waals surface area contributed by atoms with E-state index < -0.39 is 0 Å². The summed E-state index contributed by atoms with van der Waals surface area (Å²) < 4.78 is 0. The van der Waals surface area contributed by atoms with Crippen molar-refractivity contribution in [2.75, 3.05) is 7.05 Å². The zero-order valence-electron chi connectivity index (χ0n) is 17.9. The first-order valence-corrected chi connectivity index (χ1v) is 11.6. The molecule has 0 aliphatic heterocycles. The van der Waals surface area contributed by atoms with E-state index in [1.807, 2.05) is 36.2 Å². The summed E-state index contributed by atoms with van der Waals surface area (Å²) in [6.45, 7) is 2.17. The summed E-state index contributed by atoms with van der Waals surface area (Å²) in [6.07, 6.45) is 3.99. The molecule has 0 fully saturated rings. The van der Waals surface area contributed by atoms with Gasteiger partial charge >= 0.3 is 0 Å². The maximum absolute atomic E-state index is 13.3. The maximum atomic E-state index is 13.3. The van der Waals surface area contributed by atoms with E-state index in [9.17, 15) is 4.79 Å². The standard InChI is InChI=1S/C27H27Cl2NO/c1-3-6-18-9-11-19(12-10-18)27(31)30(2)26-16-14-21(22-7-4-5-8-23(22)26)20-13-15-24(28)25(29)17-20/h4-5,7-13,15,17,21,26H,3,6,14,16H2,1-2H3/t21-,26-/m0/s1. The first kappa shape index (κ1) is 21.9. The minimum absolute atomic E-state index is 0.0537. The van der Waals surface area contributed by atoms with Crippen LogP contribution in [0.3, 0.4) is 0 Å². The van der Waals surface area contributed by atoms with Crippen LogP contribution in [-0.4, -0.2) is 17.9 Å². The molecule has 1 aliphatic rings. The van der Waals surface area contributed by atoms with Crippen LogP contribution in [0.1, 0.15) is 70.8 Å². The third-order valence-corrected chi connectivity index (χ3v) is 7.07. The third kappa shape index (κ3) is 4.51. The number of fused-ring (bicyclic) bond motifs is 1. The van der Waals surface area contributed by atoms with E-state index in [2.05, 4.69) is 49.4 Å². The lowest BCUT2D eigenvalue weighted by Crippen LogP contribution is -2.34. The zero-order valence-corrected chi connectivity index (χ0v) is 19.5. The average Bonchev–Trinajstić information content (AvgIpc) is 2.80. The topological polar surface area (TPSA) is 20.3 Å². The van der Waals surface area contributed by atoms with Gasteiger partial charge in [-0.1, -0.05) is 79.0 Å². The Morgan fingerprint density at radius 2 is 1.65 bits per heavy atom. The highest BCUT2D eigenvalue weighted by Gasteiger charge is 2.32. The van der Waals surface area contributed by atoms with Crippen molar-refractivity contribution in [3.63, 3.8) is 0 Å². The molecule has 0 heterocycles. The largest absolute Gasteiger partial charge is 0.335 e. The van der Waals surface area contributed by atoms with Crippen LogP contribution in [0, 0.1) is 0 Å². The van der Waals surface area contributed by atoms with Gasteiger partial charge in [0.2, 0.25) is 0 Å². The van der Waals surface area contributed by atoms with Crippen molar-refractivity contribution in [3.8, 4) is 0 Å². The molecule has 0 unspecified atom stereocenters. The van der Waals surface area contributed by atoms with Crippen molar-refractivity contribution in [1.82, 2.24) is 4.90 Å². The molecule has 1 amide bonds. The van der Waals surface area contributed by atoms with E-state index in [4.69, 9.17) is 23.2 Å². The number of amides is 1. The van der Waals surface area contributed by atoms with Crippen molar-refractivity contribution in [2.24, 2.45) is 0 Å². The lowest BCUT2D eigenvalue weighted by molar-refractivity contribution is 0.0713. The van der Waals surface area contributed by atoms with Crippen LogP contribution in [0.5, 0.6) is 0 Å². The molecule has 0 aromatic heterocycles. The van der Waals surface area contributed by atoms with E-state index in [-0.39, 0.29) is 17.9 Å². The fraction of sp³-hybridized carbons (Fsp3) is 0.296. The van der Waals surface area contributed by atoms with Gasteiger partial charge in [0.25, 0.3) is 5.91 Å². The van der Waals surface area contributed by atoms with Gasteiger partial charge in [-0.2, -0.15) is 0 Å². The Labute approximate surface area is 194 Å². The minimum Gasteiger partial charge on any atom is -0.335 e. The normalized spacial score (nSPS) is 17.8. The molecule has 2 nitrogen and oxygen atoms in total. The Balaban J connectivity index is 1.61. The molecule has 4 heteroatoms. The van der Waals surface area contributed by atoms with Crippen LogP contribution in [0.4, 0.5) is 0 Å². The number of nitrogens with zero attached hydrogens (tertiary/aromatic N) is 1. The molecule has 31 heavy (non-hydrogen) atoms. The lowest BCUT2D eigenvalue weighted by atomic mass is 9.76. The van der Waals surface area contributed by atoms with Crippen molar-refractivity contribution >= 4 is 29.1 Å². The van der Waals surface area contributed by atoms with Crippen LogP contribution in [0.25, 0.3) is 0 Å². The number of carbonyl (C=O) groups is 1. The number of carbonyl (C=O) groups excluding carboxylic acids is 1. The summed E-state index contributed by atoms with van der Waals surface area (Å²) in [5, 5.41) is 1.15. The van der Waals surface area contributed by atoms with Crippen LogP contribution < -0.4 is 0 Å². The predicted octanol–water partition coefficient (Wildman–Crippen LogP) is 7.68. The molecule has 2 atom stereocenters. The zero-order chi connectivity index (χ0) is 22.0. The van der Waals surface area contributed by atoms with Gasteiger partial charge in [0.1, 0.15) is 0 Å². The lowest BCUT2D eigenvalue weighted by Gasteiger charge is -2.37. The van der Waals surface area contributed by atoms with E-state index >= 15 is 0 Å². The summed E-state index contributed by atoms with van der Waals surface area (Å²) in [6, 6.07) is 22.4. The monoisotopic (exact) mass is 451 g/mol. The molecule has 0 saturated heterocycles. The molecule has 0 bridgehead atoms. The quantitative estimate of drug-likeness (QED) is 0.389. The molecule has 0 radical (unpaired) electrons. The minimum atomic E-state index is 0.0537. The van der Waals surface area contributed by atoms with Gasteiger partial charge in [0.15, 0.2) is 0 Å². The fourth-order valence-electron chi connectivity index (χ4n) is 4.69. The number of benzene rings is 3. The Morgan fingerprint density at radius 1 is 0.935 bits per heavy atom. The Hall–Kier alpha value is -2.29. The smallest absolute Gasteiger partial charge is 0.254 e. The second kappa shape index (κ2) is 9.46. The molecule has 1 aliphatic carbocycles. The van der Waals surface area contributed by atoms with Gasteiger partial charge in [0, 0.05) is 18.5 Å². The molecule has 0 N–H and O–H groups in total. The van der Waals surface area contributed by atoms with E-state index in [0.717, 1.165) is 31.2 Å². The second-order valence-corrected chi connectivity index (χ2v) is 9.13. The van der Waals surface area contributed by atoms with Crippen LogP contribution >= 0.6 is 23.2 Å². The molecule has 4 rings (SSSR count). The van der Waals surface area contributed by atoms with E-state index in [1.54, 1.807) is 0 Å². The van der Waals surface area contributed by atoms with Crippen molar-refractivity contribution in [3.05, 3.63) is 105 Å². The SMILES string of the molecule is CCCc1ccc(C(=O)N(C)[C@H]2CC[C@@H](c3ccc(Cl)c(Cl)c3)c3ccccc32)cc1. The number of hydrogen-bond acceptors (Lipinski definition) is 1. The van der Waals surface area contributed by atoms with Crippen molar-refractivity contribution < 1.29 is 4.79 Å². The van der Waals surface area contributed by atoms with Crippen LogP contribution in [0.15, 0.2) is 66.7 Å². The van der Waals surface area contributed by atoms with E-state index in [0.29, 0.717) is 10.0 Å². The summed E-state index contributed by atoms with van der Waals surface area (Å²) in [7, 11) is 1.92. The number of aryl methyl sites for hydroxylation is 1. The molecular weight excluding hydrogens is 425 g/mol. The molecule has 3 aromatic rings. The molecular formula is C27H27Cl2NO. The summed E-state index contributed by atoms with van der Waals surface area (Å²) in [5.74, 6) is 0.315. The molecule has 0 spiro atoms. The summed E-state index contributed by atoms with van der Waals surface area (Å²) in [5.41, 5.74) is 5.65. The highest BCUT2D eigenvalue weighted by molar-refractivity contribution is 6.42. The van der Waals surface area contributed by atoms with Gasteiger partial charge in [-0.05, 0) is 65.8 Å². The average molecular weight is 452 g/mol. The van der Waals surface area contributed by atoms with Gasteiger partial charge in [-0.3, -0.25) is 4.79 Å². The van der Waals surface area contributed by atoms with Gasteiger partial charge in [-0.25, -0.2) is 0 Å². The summed E-state index contributed by atoms with van der Waals surface area (Å²) in [4.78, 5) is 15.2. The molecule has 160 valence electrons. The predicted molar refractivity (Wildman–Crippen MR) is 129 cm³/mol. The molecule has 3 aromatic carbocycles. The molecule has 0 saturated carbocycles. The second-order valence-electron chi connectivity index (χ2n) is 8.31. The number of hydrogen-bond donors (Lipinski definition) is 0. The van der Waals surface area contributed by atoms with Crippen LogP contribution in [0.2, 0.25) is 10.0 Å². The number of rotatable bonds is 5. The van der Waals surface area contributed by atoms with Gasteiger partial charge in [0.05, 0.1) is 16.1 Å². The highest BCUT2D eigenvalue weighted by atomic mass is 35.5. The Bertz CT molecular complexity index is 1080. The van der Waals surface area contributed by atoms with Crippen molar-refractivity contribution in [1.29, 1.82) is 0 Å². The summed E-state index contributed by atoms with van der Waals surface area (Å²) >= 11 is 12.4. The van der Waals surface area contributed by atoms with Crippen LogP contribution in [-0.2, 0) is 6.42 Å².